The molecule has 0 bridgehead atoms. The SMILES string of the molecule is CCC(C)(CO)CNCCc1ccccc1F. The van der Waals surface area contributed by atoms with Gasteiger partial charge in [0.15, 0.2) is 0 Å². The molecule has 96 valence electrons. The molecule has 1 aromatic carbocycles. The predicted molar refractivity (Wildman–Crippen MR) is 68.5 cm³/mol. The van der Waals surface area contributed by atoms with Crippen molar-refractivity contribution < 1.29 is 9.50 Å². The van der Waals surface area contributed by atoms with Crippen molar-refractivity contribution in [2.24, 2.45) is 5.41 Å². The number of hydrogen-bond donors (Lipinski definition) is 2. The molecule has 3 heteroatoms. The van der Waals surface area contributed by atoms with E-state index in [1.54, 1.807) is 6.07 Å². The van der Waals surface area contributed by atoms with Crippen LogP contribution < -0.4 is 5.32 Å². The Morgan fingerprint density at radius 2 is 2.06 bits per heavy atom. The molecule has 1 unspecified atom stereocenters. The van der Waals surface area contributed by atoms with Crippen molar-refractivity contribution in [2.75, 3.05) is 19.7 Å². The fourth-order valence-electron chi connectivity index (χ4n) is 1.61. The molecule has 0 fully saturated rings. The van der Waals surface area contributed by atoms with Gasteiger partial charge in [-0.1, -0.05) is 32.0 Å². The first kappa shape index (κ1) is 14.1. The van der Waals surface area contributed by atoms with E-state index in [-0.39, 0.29) is 17.8 Å². The van der Waals surface area contributed by atoms with Crippen LogP contribution in [0.4, 0.5) is 4.39 Å². The van der Waals surface area contributed by atoms with Crippen LogP contribution in [0.15, 0.2) is 24.3 Å². The summed E-state index contributed by atoms with van der Waals surface area (Å²) in [5, 5.41) is 12.5. The van der Waals surface area contributed by atoms with Crippen molar-refractivity contribution in [3.05, 3.63) is 35.6 Å². The molecule has 0 aliphatic rings. The number of halogens is 1. The van der Waals surface area contributed by atoms with Crippen LogP contribution in [0.3, 0.4) is 0 Å². The second kappa shape index (κ2) is 6.72. The van der Waals surface area contributed by atoms with Crippen LogP contribution >= 0.6 is 0 Å². The molecule has 0 radical (unpaired) electrons. The largest absolute Gasteiger partial charge is 0.396 e. The summed E-state index contributed by atoms with van der Waals surface area (Å²) in [5.74, 6) is -0.144. The van der Waals surface area contributed by atoms with Gasteiger partial charge in [0.25, 0.3) is 0 Å². The number of aliphatic hydroxyl groups excluding tert-OH is 1. The fourth-order valence-corrected chi connectivity index (χ4v) is 1.61. The molecule has 1 rings (SSSR count). The Bertz CT molecular complexity index is 337. The Morgan fingerprint density at radius 3 is 2.65 bits per heavy atom. The topological polar surface area (TPSA) is 32.3 Å². The number of aliphatic hydroxyl groups is 1. The summed E-state index contributed by atoms with van der Waals surface area (Å²) in [7, 11) is 0. The second-order valence-electron chi connectivity index (χ2n) is 4.84. The van der Waals surface area contributed by atoms with Crippen molar-refractivity contribution in [3.8, 4) is 0 Å². The van der Waals surface area contributed by atoms with Gasteiger partial charge < -0.3 is 10.4 Å². The second-order valence-corrected chi connectivity index (χ2v) is 4.84. The Kier molecular flexibility index (Phi) is 5.59. The van der Waals surface area contributed by atoms with Gasteiger partial charge in [0.1, 0.15) is 5.82 Å². The zero-order chi connectivity index (χ0) is 12.7. The molecule has 0 heterocycles. The van der Waals surface area contributed by atoms with Gasteiger partial charge in [-0.2, -0.15) is 0 Å². The molecule has 0 aliphatic heterocycles. The molecule has 2 nitrogen and oxygen atoms in total. The van der Waals surface area contributed by atoms with Crippen molar-refractivity contribution in [1.82, 2.24) is 5.32 Å². The van der Waals surface area contributed by atoms with E-state index in [0.29, 0.717) is 6.42 Å². The quantitative estimate of drug-likeness (QED) is 0.716. The molecular weight excluding hydrogens is 217 g/mol. The van der Waals surface area contributed by atoms with Crippen LogP contribution in [-0.2, 0) is 6.42 Å². The molecule has 0 aliphatic carbocycles. The lowest BCUT2D eigenvalue weighted by Crippen LogP contribution is -2.35. The number of nitrogens with one attached hydrogen (secondary N) is 1. The van der Waals surface area contributed by atoms with Crippen LogP contribution in [0.2, 0.25) is 0 Å². The molecule has 0 amide bonds. The monoisotopic (exact) mass is 239 g/mol. The van der Waals surface area contributed by atoms with Gasteiger partial charge in [-0.05, 0) is 31.0 Å². The van der Waals surface area contributed by atoms with E-state index in [4.69, 9.17) is 0 Å². The first-order valence-electron chi connectivity index (χ1n) is 6.16. The van der Waals surface area contributed by atoms with Gasteiger partial charge in [0, 0.05) is 18.6 Å². The van der Waals surface area contributed by atoms with E-state index >= 15 is 0 Å². The number of rotatable bonds is 7. The Hall–Kier alpha value is -0.930. The number of hydrogen-bond acceptors (Lipinski definition) is 2. The van der Waals surface area contributed by atoms with Crippen LogP contribution in [0.1, 0.15) is 25.8 Å². The van der Waals surface area contributed by atoms with Crippen LogP contribution in [0.5, 0.6) is 0 Å². The van der Waals surface area contributed by atoms with Crippen LogP contribution in [0, 0.1) is 11.2 Å². The Labute approximate surface area is 103 Å². The molecule has 0 spiro atoms. The lowest BCUT2D eigenvalue weighted by molar-refractivity contribution is 0.136. The summed E-state index contributed by atoms with van der Waals surface area (Å²) in [6.07, 6.45) is 1.61. The lowest BCUT2D eigenvalue weighted by atomic mass is 9.88. The van der Waals surface area contributed by atoms with Gasteiger partial charge in [-0.25, -0.2) is 4.39 Å². The predicted octanol–water partition coefficient (Wildman–Crippen LogP) is 2.37. The van der Waals surface area contributed by atoms with Gasteiger partial charge in [0.2, 0.25) is 0 Å². The van der Waals surface area contributed by atoms with Gasteiger partial charge in [-0.15, -0.1) is 0 Å². The molecule has 1 aromatic rings. The maximum atomic E-state index is 13.3. The van der Waals surface area contributed by atoms with Crippen molar-refractivity contribution in [1.29, 1.82) is 0 Å². The van der Waals surface area contributed by atoms with Crippen molar-refractivity contribution >= 4 is 0 Å². The average Bonchev–Trinajstić information content (AvgIpc) is 2.36. The molecule has 17 heavy (non-hydrogen) atoms. The molecular formula is C14H22FNO. The van der Waals surface area contributed by atoms with Crippen LogP contribution in [-0.4, -0.2) is 24.8 Å². The maximum absolute atomic E-state index is 13.3. The summed E-state index contributed by atoms with van der Waals surface area (Å²) >= 11 is 0. The van der Waals surface area contributed by atoms with Gasteiger partial charge in [-0.3, -0.25) is 0 Å². The van der Waals surface area contributed by atoms with E-state index < -0.39 is 0 Å². The summed E-state index contributed by atoms with van der Waals surface area (Å²) in [5.41, 5.74) is 0.664. The summed E-state index contributed by atoms with van der Waals surface area (Å²) in [6, 6.07) is 6.84. The third-order valence-electron chi connectivity index (χ3n) is 3.32. The summed E-state index contributed by atoms with van der Waals surface area (Å²) in [6.45, 7) is 5.78. The maximum Gasteiger partial charge on any atom is 0.126 e. The third kappa shape index (κ3) is 4.44. The zero-order valence-corrected chi connectivity index (χ0v) is 10.7. The van der Waals surface area contributed by atoms with Crippen molar-refractivity contribution in [2.45, 2.75) is 26.7 Å². The lowest BCUT2D eigenvalue weighted by Gasteiger charge is -2.25. The molecule has 1 atom stereocenters. The molecule has 2 N–H and O–H groups in total. The summed E-state index contributed by atoms with van der Waals surface area (Å²) < 4.78 is 13.3. The molecule has 0 saturated carbocycles. The highest BCUT2D eigenvalue weighted by molar-refractivity contribution is 5.17. The van der Waals surface area contributed by atoms with Gasteiger partial charge in [0.05, 0.1) is 0 Å². The third-order valence-corrected chi connectivity index (χ3v) is 3.32. The van der Waals surface area contributed by atoms with E-state index in [2.05, 4.69) is 12.2 Å². The highest BCUT2D eigenvalue weighted by Gasteiger charge is 2.19. The van der Waals surface area contributed by atoms with E-state index in [1.807, 2.05) is 19.1 Å². The number of benzene rings is 1. The standard InChI is InChI=1S/C14H22FNO/c1-3-14(2,11-17)10-16-9-8-12-6-4-5-7-13(12)15/h4-7,16-17H,3,8-11H2,1-2H3. The van der Waals surface area contributed by atoms with Crippen molar-refractivity contribution in [3.63, 3.8) is 0 Å². The molecule has 0 saturated heterocycles. The first-order chi connectivity index (χ1) is 8.11. The summed E-state index contributed by atoms with van der Waals surface area (Å²) in [4.78, 5) is 0. The Morgan fingerprint density at radius 1 is 1.35 bits per heavy atom. The minimum Gasteiger partial charge on any atom is -0.396 e. The minimum absolute atomic E-state index is 0.0742. The highest BCUT2D eigenvalue weighted by atomic mass is 19.1. The minimum atomic E-state index is -0.144. The van der Waals surface area contributed by atoms with E-state index in [1.165, 1.54) is 6.07 Å². The van der Waals surface area contributed by atoms with E-state index in [0.717, 1.165) is 25.1 Å². The fraction of sp³-hybridized carbons (Fsp3) is 0.571. The van der Waals surface area contributed by atoms with Gasteiger partial charge >= 0.3 is 0 Å². The highest BCUT2D eigenvalue weighted by Crippen LogP contribution is 2.18. The first-order valence-corrected chi connectivity index (χ1v) is 6.16. The van der Waals surface area contributed by atoms with E-state index in [9.17, 15) is 9.50 Å². The normalized spacial score (nSPS) is 14.6. The Balaban J connectivity index is 2.32. The smallest absolute Gasteiger partial charge is 0.126 e. The van der Waals surface area contributed by atoms with Crippen LogP contribution in [0.25, 0.3) is 0 Å². The zero-order valence-electron chi connectivity index (χ0n) is 10.7. The average molecular weight is 239 g/mol. The molecule has 0 aromatic heterocycles.